The summed E-state index contributed by atoms with van der Waals surface area (Å²) in [5, 5.41) is 4.96. The fraction of sp³-hybridized carbons (Fsp3) is 0.294. The van der Waals surface area contributed by atoms with E-state index in [-0.39, 0.29) is 0 Å². The van der Waals surface area contributed by atoms with Crippen LogP contribution in [0.5, 0.6) is 0 Å². The molecule has 0 aliphatic carbocycles. The first-order chi connectivity index (χ1) is 11.6. The number of hydrogen-bond acceptors (Lipinski definition) is 5. The average molecular weight is 344 g/mol. The van der Waals surface area contributed by atoms with E-state index in [0.717, 1.165) is 22.3 Å². The van der Waals surface area contributed by atoms with Crippen LogP contribution in [0.2, 0.25) is 5.15 Å². The zero-order valence-corrected chi connectivity index (χ0v) is 14.6. The second kappa shape index (κ2) is 7.07. The van der Waals surface area contributed by atoms with Crippen molar-refractivity contribution in [3.63, 3.8) is 0 Å². The van der Waals surface area contributed by atoms with Gasteiger partial charge in [0, 0.05) is 30.3 Å². The number of fused-ring (bicyclic) bond motifs is 1. The molecule has 0 radical (unpaired) electrons. The lowest BCUT2D eigenvalue weighted by molar-refractivity contribution is 0.126. The minimum atomic E-state index is 0.352. The van der Waals surface area contributed by atoms with Crippen molar-refractivity contribution < 1.29 is 4.74 Å². The van der Waals surface area contributed by atoms with E-state index in [9.17, 15) is 0 Å². The lowest BCUT2D eigenvalue weighted by Gasteiger charge is -2.06. The van der Waals surface area contributed by atoms with Gasteiger partial charge >= 0.3 is 0 Å². The average Bonchev–Trinajstić information content (AvgIpc) is 2.96. The number of imidazole rings is 1. The minimum Gasteiger partial charge on any atom is -0.374 e. The molecule has 3 heterocycles. The van der Waals surface area contributed by atoms with Gasteiger partial charge in [0.1, 0.15) is 17.6 Å². The molecular weight excluding hydrogens is 326 g/mol. The molecule has 0 saturated carbocycles. The molecule has 6 nitrogen and oxygen atoms in total. The van der Waals surface area contributed by atoms with Crippen LogP contribution in [0.3, 0.4) is 0 Å². The van der Waals surface area contributed by atoms with E-state index in [1.807, 2.05) is 32.9 Å². The molecule has 7 heteroatoms. The first-order valence-electron chi connectivity index (χ1n) is 7.68. The largest absolute Gasteiger partial charge is 0.374 e. The van der Waals surface area contributed by atoms with E-state index in [0.29, 0.717) is 29.7 Å². The quantitative estimate of drug-likeness (QED) is 0.525. The van der Waals surface area contributed by atoms with Crippen molar-refractivity contribution in [3.8, 4) is 0 Å². The summed E-state index contributed by atoms with van der Waals surface area (Å²) in [7, 11) is 0. The second-order valence-corrected chi connectivity index (χ2v) is 5.68. The Balaban J connectivity index is 2.17. The van der Waals surface area contributed by atoms with Crippen LogP contribution in [0.15, 0.2) is 29.6 Å². The van der Waals surface area contributed by atoms with Gasteiger partial charge in [-0.3, -0.25) is 4.98 Å². The molecule has 0 aliphatic heterocycles. The maximum atomic E-state index is 6.28. The fourth-order valence-corrected chi connectivity index (χ4v) is 2.64. The standard InChI is InChI=1S/C17H18ClN5O/c1-4-24-10-14-22-15-16(11(2)12(3)21-17(15)18)23(14)20-9-13-6-5-7-19-8-13/h5-9H,4,10H2,1-3H3. The summed E-state index contributed by atoms with van der Waals surface area (Å²) in [5.74, 6) is 0.685. The van der Waals surface area contributed by atoms with E-state index in [4.69, 9.17) is 16.3 Å². The maximum Gasteiger partial charge on any atom is 0.157 e. The van der Waals surface area contributed by atoms with Crippen LogP contribution in [0.1, 0.15) is 29.6 Å². The van der Waals surface area contributed by atoms with Gasteiger partial charge in [0.15, 0.2) is 11.0 Å². The number of ether oxygens (including phenoxy) is 1. The molecular formula is C17H18ClN5O. The number of aromatic nitrogens is 4. The zero-order valence-electron chi connectivity index (χ0n) is 13.8. The van der Waals surface area contributed by atoms with E-state index in [2.05, 4.69) is 20.1 Å². The van der Waals surface area contributed by atoms with Gasteiger partial charge in [-0.2, -0.15) is 5.10 Å². The summed E-state index contributed by atoms with van der Waals surface area (Å²) in [6.07, 6.45) is 5.22. The van der Waals surface area contributed by atoms with Crippen LogP contribution in [-0.4, -0.2) is 32.4 Å². The lowest BCUT2D eigenvalue weighted by atomic mass is 10.2. The van der Waals surface area contributed by atoms with Gasteiger partial charge in [0.2, 0.25) is 0 Å². The fourth-order valence-electron chi connectivity index (χ4n) is 2.38. The first kappa shape index (κ1) is 16.5. The van der Waals surface area contributed by atoms with Crippen molar-refractivity contribution in [1.29, 1.82) is 0 Å². The molecule has 0 amide bonds. The molecule has 3 rings (SSSR count). The van der Waals surface area contributed by atoms with Crippen LogP contribution < -0.4 is 0 Å². The third kappa shape index (κ3) is 3.16. The molecule has 3 aromatic heterocycles. The smallest absolute Gasteiger partial charge is 0.157 e. The SMILES string of the molecule is CCOCc1nc2c(Cl)nc(C)c(C)c2n1N=Cc1cccnc1. The van der Waals surface area contributed by atoms with Crippen LogP contribution in [0, 0.1) is 13.8 Å². The Kier molecular flexibility index (Phi) is 4.87. The van der Waals surface area contributed by atoms with Crippen molar-refractivity contribution in [2.45, 2.75) is 27.4 Å². The van der Waals surface area contributed by atoms with E-state index < -0.39 is 0 Å². The Bertz CT molecular complexity index is 889. The molecule has 0 spiro atoms. The van der Waals surface area contributed by atoms with Crippen molar-refractivity contribution >= 4 is 28.8 Å². The molecule has 0 aliphatic rings. The molecule has 0 fully saturated rings. The van der Waals surface area contributed by atoms with Crippen LogP contribution >= 0.6 is 11.6 Å². The highest BCUT2D eigenvalue weighted by Crippen LogP contribution is 2.27. The van der Waals surface area contributed by atoms with Crippen molar-refractivity contribution in [1.82, 2.24) is 19.6 Å². The van der Waals surface area contributed by atoms with Gasteiger partial charge in [-0.05, 0) is 32.4 Å². The summed E-state index contributed by atoms with van der Waals surface area (Å²) in [6.45, 7) is 6.80. The van der Waals surface area contributed by atoms with Crippen molar-refractivity contribution in [3.05, 3.63) is 52.3 Å². The van der Waals surface area contributed by atoms with Crippen LogP contribution in [0.25, 0.3) is 11.0 Å². The number of rotatable bonds is 5. The highest BCUT2D eigenvalue weighted by molar-refractivity contribution is 6.33. The Hall–Kier alpha value is -2.31. The molecule has 24 heavy (non-hydrogen) atoms. The first-order valence-corrected chi connectivity index (χ1v) is 8.05. The predicted molar refractivity (Wildman–Crippen MR) is 94.6 cm³/mol. The summed E-state index contributed by atoms with van der Waals surface area (Å²) >= 11 is 6.28. The summed E-state index contributed by atoms with van der Waals surface area (Å²) < 4.78 is 7.29. The molecule has 0 bridgehead atoms. The van der Waals surface area contributed by atoms with E-state index in [1.165, 1.54) is 0 Å². The van der Waals surface area contributed by atoms with E-state index in [1.54, 1.807) is 23.3 Å². The number of hydrogen-bond donors (Lipinski definition) is 0. The summed E-state index contributed by atoms with van der Waals surface area (Å²) in [6, 6.07) is 3.80. The third-order valence-corrected chi connectivity index (χ3v) is 3.99. The highest BCUT2D eigenvalue weighted by atomic mass is 35.5. The normalized spacial score (nSPS) is 11.7. The van der Waals surface area contributed by atoms with Crippen molar-refractivity contribution in [2.24, 2.45) is 5.10 Å². The van der Waals surface area contributed by atoms with Gasteiger partial charge in [-0.15, -0.1) is 0 Å². The van der Waals surface area contributed by atoms with Crippen molar-refractivity contribution in [2.75, 3.05) is 6.61 Å². The Morgan fingerprint density at radius 3 is 2.88 bits per heavy atom. The zero-order chi connectivity index (χ0) is 17.1. The predicted octanol–water partition coefficient (Wildman–Crippen LogP) is 3.52. The molecule has 0 unspecified atom stereocenters. The molecule has 0 aromatic carbocycles. The summed E-state index contributed by atoms with van der Waals surface area (Å²) in [5.41, 5.74) is 4.23. The van der Waals surface area contributed by atoms with Gasteiger partial charge in [-0.1, -0.05) is 17.7 Å². The lowest BCUT2D eigenvalue weighted by Crippen LogP contribution is -2.03. The minimum absolute atomic E-state index is 0.352. The van der Waals surface area contributed by atoms with Crippen LogP contribution in [-0.2, 0) is 11.3 Å². The van der Waals surface area contributed by atoms with Gasteiger partial charge < -0.3 is 4.74 Å². The van der Waals surface area contributed by atoms with Gasteiger partial charge in [0.05, 0.1) is 6.21 Å². The Morgan fingerprint density at radius 2 is 2.17 bits per heavy atom. The van der Waals surface area contributed by atoms with Gasteiger partial charge in [-0.25, -0.2) is 14.6 Å². The third-order valence-electron chi connectivity index (χ3n) is 3.72. The molecule has 3 aromatic rings. The monoisotopic (exact) mass is 343 g/mol. The van der Waals surface area contributed by atoms with E-state index >= 15 is 0 Å². The molecule has 0 atom stereocenters. The number of aryl methyl sites for hydroxylation is 2. The van der Waals surface area contributed by atoms with Gasteiger partial charge in [0.25, 0.3) is 0 Å². The molecule has 0 N–H and O–H groups in total. The second-order valence-electron chi connectivity index (χ2n) is 5.32. The van der Waals surface area contributed by atoms with Crippen LogP contribution in [0.4, 0.5) is 0 Å². The number of halogens is 1. The maximum absolute atomic E-state index is 6.28. The number of pyridine rings is 2. The highest BCUT2D eigenvalue weighted by Gasteiger charge is 2.17. The Labute approximate surface area is 145 Å². The molecule has 0 saturated heterocycles. The Morgan fingerprint density at radius 1 is 1.33 bits per heavy atom. The topological polar surface area (TPSA) is 65.2 Å². The summed E-state index contributed by atoms with van der Waals surface area (Å²) in [4.78, 5) is 13.0. The number of nitrogens with zero attached hydrogens (tertiary/aromatic N) is 5. The molecule has 124 valence electrons.